The van der Waals surface area contributed by atoms with E-state index in [-0.39, 0.29) is 17.4 Å². The molecule has 3 N–H and O–H groups in total. The molecule has 3 heteroatoms. The summed E-state index contributed by atoms with van der Waals surface area (Å²) in [7, 11) is 0. The van der Waals surface area contributed by atoms with Gasteiger partial charge in [-0.1, -0.05) is 27.7 Å². The molecule has 10 atom stereocenters. The number of fused-ring (bicyclic) bond motifs is 5. The van der Waals surface area contributed by atoms with Gasteiger partial charge in [0.25, 0.3) is 0 Å². The summed E-state index contributed by atoms with van der Waals surface area (Å²) in [6.07, 6.45) is 11.5. The maximum Gasteiger partial charge on any atom is 0.0910 e. The third kappa shape index (κ3) is 3.59. The van der Waals surface area contributed by atoms with E-state index >= 15 is 0 Å². The van der Waals surface area contributed by atoms with Gasteiger partial charge < -0.3 is 15.3 Å². The number of hydrogen-bond donors (Lipinski definition) is 3. The molecule has 0 amide bonds. The highest BCUT2D eigenvalue weighted by atomic mass is 16.3. The minimum absolute atomic E-state index is 0.0771. The van der Waals surface area contributed by atoms with Crippen molar-refractivity contribution in [1.82, 2.24) is 0 Å². The van der Waals surface area contributed by atoms with Crippen molar-refractivity contribution in [2.24, 2.45) is 46.3 Å². The van der Waals surface area contributed by atoms with E-state index in [1.165, 1.54) is 38.5 Å². The van der Waals surface area contributed by atoms with E-state index < -0.39 is 11.7 Å². The summed E-state index contributed by atoms with van der Waals surface area (Å²) in [5.74, 6) is 3.71. The summed E-state index contributed by atoms with van der Waals surface area (Å²) in [4.78, 5) is 0. The van der Waals surface area contributed by atoms with E-state index in [2.05, 4.69) is 27.7 Å². The van der Waals surface area contributed by atoms with Crippen LogP contribution in [0.25, 0.3) is 0 Å². The number of aliphatic hydroxyl groups is 3. The first-order valence-electron chi connectivity index (χ1n) is 13.1. The second-order valence-corrected chi connectivity index (χ2v) is 13.0. The molecule has 0 saturated heterocycles. The highest BCUT2D eigenvalue weighted by molar-refractivity contribution is 5.12. The maximum absolute atomic E-state index is 11.6. The maximum atomic E-state index is 11.6. The van der Waals surface area contributed by atoms with E-state index in [1.54, 1.807) is 0 Å². The van der Waals surface area contributed by atoms with Crippen LogP contribution < -0.4 is 0 Å². The fourth-order valence-electron chi connectivity index (χ4n) is 9.21. The predicted molar refractivity (Wildman–Crippen MR) is 122 cm³/mol. The molecular weight excluding hydrogens is 372 g/mol. The average molecular weight is 421 g/mol. The van der Waals surface area contributed by atoms with Gasteiger partial charge in [-0.3, -0.25) is 0 Å². The molecule has 30 heavy (non-hydrogen) atoms. The fourth-order valence-corrected chi connectivity index (χ4v) is 9.21. The summed E-state index contributed by atoms with van der Waals surface area (Å²) in [5.41, 5.74) is -0.428. The molecular formula is C27H48O3. The zero-order chi connectivity index (χ0) is 21.9. The number of rotatable bonds is 5. The van der Waals surface area contributed by atoms with Crippen molar-refractivity contribution in [3.63, 3.8) is 0 Å². The van der Waals surface area contributed by atoms with Gasteiger partial charge in [-0.15, -0.1) is 0 Å². The van der Waals surface area contributed by atoms with Gasteiger partial charge in [-0.25, -0.2) is 0 Å². The van der Waals surface area contributed by atoms with Crippen LogP contribution in [0, 0.1) is 46.3 Å². The standard InChI is InChI=1S/C27H48O3/c1-17(2)6-11-24(29)27(5,30)23-10-9-21-20-8-7-18-16-19(28)12-14-25(18,3)22(20)13-15-26(21,23)4/h17-24,28-30H,6-16H2,1-5H3/t18-,19-,20-,21-,22-,23-,24+,25-,26-,27-/m0/s1. The quantitative estimate of drug-likeness (QED) is 0.546. The molecule has 0 aromatic rings. The average Bonchev–Trinajstić information content (AvgIpc) is 3.04. The summed E-state index contributed by atoms with van der Waals surface area (Å²) >= 11 is 0. The van der Waals surface area contributed by atoms with Crippen molar-refractivity contribution in [2.45, 2.75) is 123 Å². The minimum Gasteiger partial charge on any atom is -0.393 e. The van der Waals surface area contributed by atoms with Crippen molar-refractivity contribution >= 4 is 0 Å². The minimum atomic E-state index is -0.985. The van der Waals surface area contributed by atoms with Crippen molar-refractivity contribution in [3.8, 4) is 0 Å². The van der Waals surface area contributed by atoms with Crippen LogP contribution in [0.15, 0.2) is 0 Å². The van der Waals surface area contributed by atoms with Crippen LogP contribution in [0.5, 0.6) is 0 Å². The highest BCUT2D eigenvalue weighted by Crippen LogP contribution is 2.68. The largest absolute Gasteiger partial charge is 0.393 e. The Morgan fingerprint density at radius 3 is 2.27 bits per heavy atom. The van der Waals surface area contributed by atoms with Crippen LogP contribution in [-0.4, -0.2) is 33.1 Å². The van der Waals surface area contributed by atoms with Gasteiger partial charge >= 0.3 is 0 Å². The molecule has 0 aromatic carbocycles. The van der Waals surface area contributed by atoms with Gasteiger partial charge in [0.15, 0.2) is 0 Å². The van der Waals surface area contributed by atoms with Gasteiger partial charge in [0.2, 0.25) is 0 Å². The van der Waals surface area contributed by atoms with Crippen molar-refractivity contribution in [3.05, 3.63) is 0 Å². The molecule has 4 aliphatic rings. The second kappa shape index (κ2) is 8.03. The normalized spacial score (nSPS) is 49.1. The summed E-state index contributed by atoms with van der Waals surface area (Å²) in [5, 5.41) is 32.8. The van der Waals surface area contributed by atoms with Crippen LogP contribution in [0.3, 0.4) is 0 Å². The van der Waals surface area contributed by atoms with E-state index in [4.69, 9.17) is 0 Å². The van der Waals surface area contributed by atoms with Crippen LogP contribution in [0.1, 0.15) is 105 Å². The lowest BCUT2D eigenvalue weighted by Crippen LogP contribution is -2.57. The van der Waals surface area contributed by atoms with Crippen molar-refractivity contribution in [2.75, 3.05) is 0 Å². The topological polar surface area (TPSA) is 60.7 Å². The first kappa shape index (κ1) is 23.1. The first-order valence-corrected chi connectivity index (χ1v) is 13.1. The molecule has 0 aliphatic heterocycles. The van der Waals surface area contributed by atoms with Gasteiger partial charge in [-0.05, 0) is 124 Å². The predicted octanol–water partition coefficient (Wildman–Crippen LogP) is 5.55. The van der Waals surface area contributed by atoms with Crippen molar-refractivity contribution < 1.29 is 15.3 Å². The Morgan fingerprint density at radius 1 is 0.900 bits per heavy atom. The summed E-state index contributed by atoms with van der Waals surface area (Å²) in [6, 6.07) is 0. The molecule has 0 spiro atoms. The molecule has 4 saturated carbocycles. The Balaban J connectivity index is 1.53. The lowest BCUT2D eigenvalue weighted by molar-refractivity contribution is -0.167. The Kier molecular flexibility index (Phi) is 6.17. The van der Waals surface area contributed by atoms with Gasteiger partial charge in [0.05, 0.1) is 17.8 Å². The van der Waals surface area contributed by atoms with Gasteiger partial charge in [-0.2, -0.15) is 0 Å². The Morgan fingerprint density at radius 2 is 1.57 bits per heavy atom. The molecule has 174 valence electrons. The van der Waals surface area contributed by atoms with Crippen LogP contribution in [0.2, 0.25) is 0 Å². The third-order valence-electron chi connectivity index (χ3n) is 11.0. The highest BCUT2D eigenvalue weighted by Gasteiger charge is 2.63. The van der Waals surface area contributed by atoms with Gasteiger partial charge in [0, 0.05) is 0 Å². The Bertz CT molecular complexity index is 615. The van der Waals surface area contributed by atoms with E-state index in [1.807, 2.05) is 6.92 Å². The lowest BCUT2D eigenvalue weighted by Gasteiger charge is -2.61. The molecule has 4 fully saturated rings. The SMILES string of the molecule is CC(C)CC[C@@H](O)[C@@](C)(O)[C@H]1CC[C@H]2[C@@H]3CC[C@H]4C[C@@H](O)CC[C@]4(C)[C@H]3CC[C@]12C. The third-order valence-corrected chi connectivity index (χ3v) is 11.0. The monoisotopic (exact) mass is 420 g/mol. The molecule has 4 rings (SSSR count). The molecule has 0 aromatic heterocycles. The zero-order valence-corrected chi connectivity index (χ0v) is 20.2. The Labute approximate surface area is 185 Å². The van der Waals surface area contributed by atoms with Crippen LogP contribution >= 0.6 is 0 Å². The van der Waals surface area contributed by atoms with E-state index in [0.717, 1.165) is 37.5 Å². The second-order valence-electron chi connectivity index (χ2n) is 13.0. The molecule has 3 nitrogen and oxygen atoms in total. The summed E-state index contributed by atoms with van der Waals surface area (Å²) in [6.45, 7) is 11.3. The lowest BCUT2D eigenvalue weighted by atomic mass is 9.44. The number of hydrogen-bond acceptors (Lipinski definition) is 3. The fraction of sp³-hybridized carbons (Fsp3) is 1.00. The molecule has 0 bridgehead atoms. The van der Waals surface area contributed by atoms with Crippen LogP contribution in [0.4, 0.5) is 0 Å². The van der Waals surface area contributed by atoms with Crippen LogP contribution in [-0.2, 0) is 0 Å². The zero-order valence-electron chi connectivity index (χ0n) is 20.2. The number of aliphatic hydroxyl groups excluding tert-OH is 2. The summed E-state index contributed by atoms with van der Waals surface area (Å²) < 4.78 is 0. The smallest absolute Gasteiger partial charge is 0.0910 e. The van der Waals surface area contributed by atoms with Crippen molar-refractivity contribution in [1.29, 1.82) is 0 Å². The molecule has 0 unspecified atom stereocenters. The van der Waals surface area contributed by atoms with E-state index in [0.29, 0.717) is 29.6 Å². The van der Waals surface area contributed by atoms with Gasteiger partial charge in [0.1, 0.15) is 0 Å². The first-order chi connectivity index (χ1) is 14.0. The molecule has 0 heterocycles. The molecule has 0 radical (unpaired) electrons. The van der Waals surface area contributed by atoms with E-state index in [9.17, 15) is 15.3 Å². The molecule has 4 aliphatic carbocycles. The Hall–Kier alpha value is -0.120.